The van der Waals surface area contributed by atoms with E-state index in [1.165, 1.54) is 0 Å². The lowest BCUT2D eigenvalue weighted by molar-refractivity contribution is -0.168. The molecule has 0 radical (unpaired) electrons. The van der Waals surface area contributed by atoms with Crippen LogP contribution in [0.2, 0.25) is 0 Å². The number of likely N-dealkylation sites (N-methyl/N-ethyl adjacent to an activating group) is 1. The molecule has 456 valence electrons. The van der Waals surface area contributed by atoms with Gasteiger partial charge in [0.05, 0.1) is 30.5 Å². The minimum absolute atomic E-state index is 0.0651. The number of hydrogen-bond donors (Lipinski definition) is 12. The monoisotopic (exact) mass is 1200 g/mol. The van der Waals surface area contributed by atoms with E-state index in [0.717, 1.165) is 45.6 Å². The molecule has 4 heterocycles. The highest BCUT2D eigenvalue weighted by Crippen LogP contribution is 2.63. The molecule has 4 bridgehead atoms. The van der Waals surface area contributed by atoms with Gasteiger partial charge in [-0.15, -0.1) is 0 Å². The third-order valence-electron chi connectivity index (χ3n) is 19.0. The van der Waals surface area contributed by atoms with E-state index in [1.807, 2.05) is 75.4 Å². The standard InChI is InChI=1S/C67H87N7O9S2/c1-5-73-67(82)30-24-42-11-8-16-50(39-85-84-31-27-42)83-38-47(15-6-10-40(67)2)52-26-29-66(61(52)79)56-23-22-49(76)33-43-12-7-13-44(32-43)34-54(55(36-72-64(69)70)45-18-20-48(75)21-19-45)58(78)37-71-60-59-46(14-9-17-53(59)62(68)74-63(60)80)35-57(77)41(3)51(56)25-28-65(66,4)81/h6-7,9-10,12-15,17-21,24,32,49-50,52,54-56,58,60-62,71,73,75-76,78-79,81-82H,2,5,11,22-23,25-31,33-39,68H2,1,3-4H3,(H,74,80)(H4,69,70,72). The van der Waals surface area contributed by atoms with E-state index in [4.69, 9.17) is 21.9 Å². The van der Waals surface area contributed by atoms with Crippen molar-refractivity contribution in [2.45, 2.75) is 152 Å². The van der Waals surface area contributed by atoms with Crippen molar-refractivity contribution in [3.8, 4) is 17.6 Å². The Balaban J connectivity index is 1.12. The lowest BCUT2D eigenvalue weighted by Crippen LogP contribution is -2.59. The summed E-state index contributed by atoms with van der Waals surface area (Å²) in [6.45, 7) is 10.6. The SMILES string of the molecule is C=C1C=CC=C(C2CCC3(C4CCC(O)Cc5cccc(c5)CC(C(CN=C(N)N)c5ccc(O)cc5)C(O)CNC5C(=O)NC(N)c6cccc(c65)CC(=O)C(C)=C4CCC3(C)O)C2O)COC2C#CCC(=CCC1(O)NCC)CCSSC2. The zero-order valence-corrected chi connectivity index (χ0v) is 50.9. The van der Waals surface area contributed by atoms with E-state index in [2.05, 4.69) is 45.4 Å². The summed E-state index contributed by atoms with van der Waals surface area (Å²) in [7, 11) is 3.49. The summed E-state index contributed by atoms with van der Waals surface area (Å²) in [5.74, 6) is 5.53. The first-order chi connectivity index (χ1) is 40.7. The number of β-amino-alcohol motifs (C(OH)–C–C–N with tert-alkyl or cyclic N) is 1. The van der Waals surface area contributed by atoms with Crippen molar-refractivity contribution in [3.63, 3.8) is 0 Å². The highest BCUT2D eigenvalue weighted by atomic mass is 33.1. The number of allylic oxidation sites excluding steroid dienone is 5. The predicted octanol–water partition coefficient (Wildman–Crippen LogP) is 6.66. The van der Waals surface area contributed by atoms with E-state index < -0.39 is 82.9 Å². The zero-order chi connectivity index (χ0) is 60.6. The fraction of sp³-hybridized carbons (Fsp3) is 0.507. The van der Waals surface area contributed by atoms with Crippen molar-refractivity contribution in [1.82, 2.24) is 16.0 Å². The number of nitrogens with one attached hydrogen (secondary N) is 3. The third kappa shape index (κ3) is 14.6. The zero-order valence-electron chi connectivity index (χ0n) is 49.3. The first-order valence-electron chi connectivity index (χ1n) is 30.1. The first-order valence-corrected chi connectivity index (χ1v) is 32.6. The summed E-state index contributed by atoms with van der Waals surface area (Å²) < 4.78 is 6.71. The van der Waals surface area contributed by atoms with Crippen LogP contribution in [0, 0.1) is 35.0 Å². The molecule has 3 aromatic rings. The van der Waals surface area contributed by atoms with E-state index in [1.54, 1.807) is 51.9 Å². The topological polar surface area (TPSA) is 291 Å². The summed E-state index contributed by atoms with van der Waals surface area (Å²) >= 11 is 0. The molecule has 6 aliphatic rings. The second kappa shape index (κ2) is 28.1. The van der Waals surface area contributed by atoms with Crippen molar-refractivity contribution in [3.05, 3.63) is 159 Å². The average molecular weight is 1200 g/mol. The smallest absolute Gasteiger partial charge is 0.243 e. The molecule has 85 heavy (non-hydrogen) atoms. The number of fused-ring (bicyclic) bond motifs is 7. The Kier molecular flexibility index (Phi) is 21.1. The molecule has 13 atom stereocenters. The van der Waals surface area contributed by atoms with Gasteiger partial charge in [-0.2, -0.15) is 0 Å². The summed E-state index contributed by atoms with van der Waals surface area (Å²) in [5.41, 5.74) is 22.5. The van der Waals surface area contributed by atoms with Gasteiger partial charge in [0, 0.05) is 61.1 Å². The number of carbonyl (C=O) groups excluding carboxylic acids is 2. The number of ketones is 1. The van der Waals surface area contributed by atoms with Gasteiger partial charge in [0.25, 0.3) is 0 Å². The maximum Gasteiger partial charge on any atom is 0.243 e. The minimum Gasteiger partial charge on any atom is -0.508 e. The van der Waals surface area contributed by atoms with Crippen molar-refractivity contribution < 1.29 is 45.0 Å². The van der Waals surface area contributed by atoms with Crippen LogP contribution in [-0.2, 0) is 33.6 Å². The second-order valence-corrected chi connectivity index (χ2v) is 27.0. The van der Waals surface area contributed by atoms with Crippen molar-refractivity contribution in [2.75, 3.05) is 37.7 Å². The number of hydrogen-bond acceptors (Lipinski definition) is 15. The highest BCUT2D eigenvalue weighted by molar-refractivity contribution is 8.76. The quantitative estimate of drug-likeness (QED) is 0.0294. The number of ether oxygens (including phenoxy) is 1. The van der Waals surface area contributed by atoms with Gasteiger partial charge >= 0.3 is 0 Å². The van der Waals surface area contributed by atoms with Crippen LogP contribution < -0.4 is 33.2 Å². The van der Waals surface area contributed by atoms with Crippen molar-refractivity contribution in [2.24, 2.45) is 45.4 Å². The van der Waals surface area contributed by atoms with Gasteiger partial charge in [0.15, 0.2) is 11.7 Å². The molecule has 16 nitrogen and oxygen atoms in total. The molecule has 4 aliphatic heterocycles. The predicted molar refractivity (Wildman–Crippen MR) is 338 cm³/mol. The number of benzene rings is 3. The Morgan fingerprint density at radius 1 is 0.988 bits per heavy atom. The molecule has 2 fully saturated rings. The number of aliphatic hydroxyl groups is 5. The molecule has 2 saturated carbocycles. The number of phenols is 1. The molecule has 3 aromatic carbocycles. The largest absolute Gasteiger partial charge is 0.508 e. The van der Waals surface area contributed by atoms with Crippen LogP contribution >= 0.6 is 21.6 Å². The molecule has 2 aliphatic carbocycles. The van der Waals surface area contributed by atoms with Crippen molar-refractivity contribution >= 4 is 39.2 Å². The molecular formula is C67H87N7O9S2. The summed E-state index contributed by atoms with van der Waals surface area (Å²) in [5, 5.41) is 83.1. The van der Waals surface area contributed by atoms with Crippen LogP contribution in [-0.4, -0.2) is 122 Å². The highest BCUT2D eigenvalue weighted by Gasteiger charge is 2.64. The summed E-state index contributed by atoms with van der Waals surface area (Å²) in [6, 6.07) is 19.1. The lowest BCUT2D eigenvalue weighted by atomic mass is 9.52. The van der Waals surface area contributed by atoms with Crippen LogP contribution in [0.5, 0.6) is 5.75 Å². The maximum absolute atomic E-state index is 15.3. The van der Waals surface area contributed by atoms with Crippen LogP contribution in [0.25, 0.3) is 0 Å². The normalized spacial score (nSPS) is 32.3. The number of rotatable bonds is 7. The number of amides is 1. The molecule has 0 saturated heterocycles. The van der Waals surface area contributed by atoms with Gasteiger partial charge in [0.2, 0.25) is 5.91 Å². The molecule has 1 amide bonds. The Hall–Kier alpha value is -5.53. The molecule has 0 aromatic heterocycles. The first kappa shape index (κ1) is 64.0. The van der Waals surface area contributed by atoms with E-state index in [-0.39, 0.29) is 62.9 Å². The van der Waals surface area contributed by atoms with Crippen molar-refractivity contribution in [1.29, 1.82) is 0 Å². The molecule has 9 rings (SSSR count). The lowest BCUT2D eigenvalue weighted by Gasteiger charge is -2.56. The van der Waals surface area contributed by atoms with Crippen LogP contribution in [0.4, 0.5) is 0 Å². The number of nitrogens with zero attached hydrogens (tertiary/aromatic N) is 1. The van der Waals surface area contributed by atoms with Crippen LogP contribution in [0.15, 0.2) is 130 Å². The van der Waals surface area contributed by atoms with Gasteiger partial charge in [-0.25, -0.2) is 0 Å². The number of Topliss-reactive ketones (excluding diaryl/α,β-unsaturated/α-hetero) is 1. The maximum atomic E-state index is 15.3. The Morgan fingerprint density at radius 3 is 2.52 bits per heavy atom. The Labute approximate surface area is 508 Å². The van der Waals surface area contributed by atoms with Gasteiger partial charge in [0.1, 0.15) is 29.8 Å². The number of aliphatic imine (C=N–C) groups is 1. The fourth-order valence-corrected chi connectivity index (χ4v) is 16.5. The van der Waals surface area contributed by atoms with Gasteiger partial charge < -0.3 is 57.9 Å². The third-order valence-corrected chi connectivity index (χ3v) is 21.4. The van der Waals surface area contributed by atoms with E-state index >= 15 is 4.79 Å². The second-order valence-electron chi connectivity index (χ2n) is 24.3. The van der Waals surface area contributed by atoms with E-state index in [0.29, 0.717) is 85.1 Å². The Bertz CT molecular complexity index is 3150. The fourth-order valence-electron chi connectivity index (χ4n) is 14.4. The molecule has 18 heteroatoms. The molecule has 15 N–H and O–H groups in total. The number of phenolic OH excluding ortho intramolecular Hbond substituents is 1. The molecule has 1 spiro atoms. The van der Waals surface area contributed by atoms with Crippen LogP contribution in [0.1, 0.15) is 130 Å². The van der Waals surface area contributed by atoms with Gasteiger partial charge in [-0.1, -0.05) is 137 Å². The average Bonchev–Trinajstić information content (AvgIpc) is 1.86. The number of aromatic hydroxyl groups is 1. The molecular weight excluding hydrogens is 1110 g/mol. The Morgan fingerprint density at radius 2 is 1.75 bits per heavy atom. The van der Waals surface area contributed by atoms with Crippen LogP contribution in [0.3, 0.4) is 0 Å². The minimum atomic E-state index is -1.42. The number of carbonyl (C=O) groups is 2. The number of guanidine groups is 1. The number of aliphatic hydroxyl groups excluding tert-OH is 3. The van der Waals surface area contributed by atoms with Gasteiger partial charge in [-0.3, -0.25) is 25.2 Å². The van der Waals surface area contributed by atoms with E-state index in [9.17, 15) is 35.4 Å². The number of nitrogens with two attached hydrogens (primary N) is 3. The molecule has 13 unspecified atom stereocenters. The summed E-state index contributed by atoms with van der Waals surface area (Å²) in [6.07, 6.45) is 7.71. The summed E-state index contributed by atoms with van der Waals surface area (Å²) in [4.78, 5) is 34.0. The van der Waals surface area contributed by atoms with Gasteiger partial charge in [-0.05, 0) is 152 Å².